The van der Waals surface area contributed by atoms with Crippen molar-refractivity contribution < 1.29 is 4.74 Å². The Morgan fingerprint density at radius 2 is 1.88 bits per heavy atom. The van der Waals surface area contributed by atoms with Crippen molar-refractivity contribution in [3.8, 4) is 16.2 Å². The predicted octanol–water partition coefficient (Wildman–Crippen LogP) is 6.13. The van der Waals surface area contributed by atoms with Gasteiger partial charge in [0.05, 0.1) is 12.2 Å². The van der Waals surface area contributed by atoms with Crippen molar-refractivity contribution in [2.75, 3.05) is 18.1 Å². The summed E-state index contributed by atoms with van der Waals surface area (Å²) in [6.07, 6.45) is 6.56. The van der Waals surface area contributed by atoms with Crippen LogP contribution in [0.3, 0.4) is 0 Å². The van der Waals surface area contributed by atoms with Gasteiger partial charge in [-0.3, -0.25) is 9.59 Å². The highest BCUT2D eigenvalue weighted by atomic mass is 32.1. The van der Waals surface area contributed by atoms with Gasteiger partial charge in [0.2, 0.25) is 5.43 Å². The maximum atomic E-state index is 12.4. The van der Waals surface area contributed by atoms with Gasteiger partial charge in [0.1, 0.15) is 0 Å². The van der Waals surface area contributed by atoms with Gasteiger partial charge in [-0.25, -0.2) is 0 Å². The molecule has 2 heterocycles. The zero-order chi connectivity index (χ0) is 22.9. The second-order valence-electron chi connectivity index (χ2n) is 8.91. The van der Waals surface area contributed by atoms with E-state index in [1.165, 1.54) is 41.0 Å². The van der Waals surface area contributed by atoms with Crippen molar-refractivity contribution in [3.05, 3.63) is 73.0 Å². The molecule has 4 nitrogen and oxygen atoms in total. The molecular weight excluding hydrogens is 418 g/mol. The molecule has 1 aromatic heterocycles. The van der Waals surface area contributed by atoms with Crippen LogP contribution < -0.4 is 20.5 Å². The first-order valence-corrected chi connectivity index (χ1v) is 12.4. The molecule has 5 heteroatoms. The number of hydrogen-bond acceptors (Lipinski definition) is 5. The van der Waals surface area contributed by atoms with Crippen molar-refractivity contribution in [1.29, 1.82) is 0 Å². The zero-order valence-corrected chi connectivity index (χ0v) is 20.2. The lowest BCUT2D eigenvalue weighted by atomic mass is 9.82. The number of benzene rings is 1. The highest BCUT2D eigenvalue weighted by Crippen LogP contribution is 2.50. The number of hydrogen-bond donors (Lipinski definition) is 0. The van der Waals surface area contributed by atoms with Gasteiger partial charge in [0, 0.05) is 28.2 Å². The first-order valence-electron chi connectivity index (χ1n) is 11.5. The molecule has 0 saturated carbocycles. The van der Waals surface area contributed by atoms with Crippen molar-refractivity contribution in [3.63, 3.8) is 0 Å². The summed E-state index contributed by atoms with van der Waals surface area (Å²) in [6.45, 7) is 9.71. The molecule has 0 fully saturated rings. The Kier molecular flexibility index (Phi) is 6.38. The summed E-state index contributed by atoms with van der Waals surface area (Å²) in [5.41, 5.74) is 3.86. The smallest absolute Gasteiger partial charge is 0.268 e. The second kappa shape index (κ2) is 9.07. The van der Waals surface area contributed by atoms with E-state index in [4.69, 9.17) is 4.74 Å². The number of fused-ring (bicyclic) bond motifs is 1. The fraction of sp³-hybridized carbons (Fsp3) is 0.407. The molecule has 168 valence electrons. The highest BCUT2D eigenvalue weighted by Gasteiger charge is 2.41. The Hall–Kier alpha value is -2.66. The van der Waals surface area contributed by atoms with Gasteiger partial charge in [-0.2, -0.15) is 0 Å². The molecule has 0 aliphatic carbocycles. The first-order chi connectivity index (χ1) is 15.4. The van der Waals surface area contributed by atoms with E-state index in [2.05, 4.69) is 61.4 Å². The van der Waals surface area contributed by atoms with Crippen molar-refractivity contribution >= 4 is 23.1 Å². The fourth-order valence-electron chi connectivity index (χ4n) is 4.61. The van der Waals surface area contributed by atoms with E-state index in [9.17, 15) is 9.59 Å². The monoisotopic (exact) mass is 449 g/mol. The van der Waals surface area contributed by atoms with E-state index in [1.807, 2.05) is 13.0 Å². The van der Waals surface area contributed by atoms with E-state index in [0.717, 1.165) is 18.7 Å². The van der Waals surface area contributed by atoms with Crippen LogP contribution in [0, 0.1) is 0 Å². The molecule has 0 spiro atoms. The van der Waals surface area contributed by atoms with Crippen LogP contribution in [0.5, 0.6) is 5.75 Å². The summed E-state index contributed by atoms with van der Waals surface area (Å²) in [5.74, 6) is 0.210. The van der Waals surface area contributed by atoms with Crippen LogP contribution in [0.2, 0.25) is 0 Å². The Balaban J connectivity index is 1.79. The summed E-state index contributed by atoms with van der Waals surface area (Å²) in [6, 6.07) is 10.9. The molecule has 2 aromatic carbocycles. The van der Waals surface area contributed by atoms with Crippen LogP contribution in [-0.4, -0.2) is 13.2 Å². The molecule has 32 heavy (non-hydrogen) atoms. The molecule has 0 radical (unpaired) electrons. The minimum Gasteiger partial charge on any atom is -0.489 e. The molecule has 0 amide bonds. The Labute approximate surface area is 193 Å². The summed E-state index contributed by atoms with van der Waals surface area (Å²) in [7, 11) is 0. The molecule has 0 saturated heterocycles. The Bertz CT molecular complexity index is 1200. The summed E-state index contributed by atoms with van der Waals surface area (Å²) < 4.78 is 5.49. The lowest BCUT2D eigenvalue weighted by Crippen LogP contribution is -2.36. The maximum absolute atomic E-state index is 12.4. The van der Waals surface area contributed by atoms with E-state index in [-0.39, 0.29) is 11.2 Å². The van der Waals surface area contributed by atoms with Crippen molar-refractivity contribution in [2.45, 2.75) is 58.8 Å². The van der Waals surface area contributed by atoms with Gasteiger partial charge in [-0.1, -0.05) is 52.2 Å². The molecule has 0 bridgehead atoms. The summed E-state index contributed by atoms with van der Waals surface area (Å²) in [5, 5.41) is 2.10. The third kappa shape index (κ3) is 3.83. The van der Waals surface area contributed by atoms with Gasteiger partial charge >= 0.3 is 0 Å². The molecule has 0 unspecified atom stereocenters. The van der Waals surface area contributed by atoms with Crippen LogP contribution in [0.4, 0.5) is 5.69 Å². The standard InChI is InChI=1S/C27H31NO3S/c1-5-7-8-9-14-28-21-13-12-18(22-11-10-15-32-22)16-20(21)27(3,4)23(28)17-19-24(29)25(30)26(19)31-6-2/h10-13,15-17H,5-9,14H2,1-4H3. The molecule has 0 atom stereocenters. The fourth-order valence-corrected chi connectivity index (χ4v) is 5.34. The maximum Gasteiger partial charge on any atom is 0.268 e. The van der Waals surface area contributed by atoms with E-state index >= 15 is 0 Å². The SMILES string of the molecule is CCCCCCN1C(=Cc2c(OCC)c(=O)c2=O)C(C)(C)c2cc(-c3cccs3)ccc21. The lowest BCUT2D eigenvalue weighted by molar-refractivity contribution is 0.332. The number of nitrogens with zero attached hydrogens (tertiary/aromatic N) is 1. The van der Waals surface area contributed by atoms with Gasteiger partial charge in [0.25, 0.3) is 5.43 Å². The van der Waals surface area contributed by atoms with E-state index in [1.54, 1.807) is 11.3 Å². The molecule has 1 aliphatic rings. The van der Waals surface area contributed by atoms with Crippen LogP contribution in [0.1, 0.15) is 64.5 Å². The van der Waals surface area contributed by atoms with Gasteiger partial charge in [0.15, 0.2) is 5.75 Å². The Morgan fingerprint density at radius 3 is 2.56 bits per heavy atom. The van der Waals surface area contributed by atoms with Crippen molar-refractivity contribution in [2.24, 2.45) is 0 Å². The predicted molar refractivity (Wildman–Crippen MR) is 135 cm³/mol. The molecular formula is C27H31NO3S. The number of unbranched alkanes of at least 4 members (excludes halogenated alkanes) is 3. The number of thiophene rings is 1. The molecule has 0 N–H and O–H groups in total. The summed E-state index contributed by atoms with van der Waals surface area (Å²) in [4.78, 5) is 28.0. The van der Waals surface area contributed by atoms with Crippen LogP contribution in [0.25, 0.3) is 16.5 Å². The average Bonchev–Trinajstić information content (AvgIpc) is 3.39. The third-order valence-electron chi connectivity index (χ3n) is 6.40. The van der Waals surface area contributed by atoms with Gasteiger partial charge in [-0.15, -0.1) is 11.3 Å². The largest absolute Gasteiger partial charge is 0.489 e. The topological polar surface area (TPSA) is 46.6 Å². The van der Waals surface area contributed by atoms with Crippen LogP contribution in [0.15, 0.2) is 51.0 Å². The molecule has 3 aromatic rings. The lowest BCUT2D eigenvalue weighted by Gasteiger charge is -2.28. The van der Waals surface area contributed by atoms with Crippen LogP contribution >= 0.6 is 11.3 Å². The Morgan fingerprint density at radius 1 is 1.06 bits per heavy atom. The minimum absolute atomic E-state index is 0.210. The highest BCUT2D eigenvalue weighted by molar-refractivity contribution is 7.13. The molecule has 1 aliphatic heterocycles. The average molecular weight is 450 g/mol. The first kappa shape index (κ1) is 22.5. The van der Waals surface area contributed by atoms with E-state index in [0.29, 0.717) is 12.2 Å². The minimum atomic E-state index is -0.513. The number of rotatable bonds is 9. The second-order valence-corrected chi connectivity index (χ2v) is 9.86. The van der Waals surface area contributed by atoms with Crippen LogP contribution in [-0.2, 0) is 5.41 Å². The molecule has 4 rings (SSSR count). The normalized spacial score (nSPS) is 16.1. The number of ether oxygens (including phenoxy) is 1. The third-order valence-corrected chi connectivity index (χ3v) is 7.32. The zero-order valence-electron chi connectivity index (χ0n) is 19.4. The van der Waals surface area contributed by atoms with Gasteiger partial charge < -0.3 is 9.64 Å². The number of anilines is 1. The van der Waals surface area contributed by atoms with Crippen molar-refractivity contribution in [1.82, 2.24) is 0 Å². The quantitative estimate of drug-likeness (QED) is 0.291. The summed E-state index contributed by atoms with van der Waals surface area (Å²) >= 11 is 1.74. The van der Waals surface area contributed by atoms with Gasteiger partial charge in [-0.05, 0) is 54.1 Å². The van der Waals surface area contributed by atoms with E-state index < -0.39 is 10.9 Å². The number of allylic oxidation sites excluding steroid dienone is 1.